The highest BCUT2D eigenvalue weighted by Crippen LogP contribution is 2.22. The summed E-state index contributed by atoms with van der Waals surface area (Å²) in [4.78, 5) is 14.8. The van der Waals surface area contributed by atoms with E-state index in [0.29, 0.717) is 0 Å². The van der Waals surface area contributed by atoms with E-state index < -0.39 is 0 Å². The van der Waals surface area contributed by atoms with Crippen LogP contribution in [0.25, 0.3) is 0 Å². The standard InChI is InChI=1S/C18H20BrNO/c1-3-4-12-20(16-8-6-5-7-9-16)18(21)17-13-15(19)11-10-14(17)2/h5-11,13H,3-4,12H2,1-2H3. The summed E-state index contributed by atoms with van der Waals surface area (Å²) in [7, 11) is 0. The number of benzene rings is 2. The van der Waals surface area contributed by atoms with Crippen molar-refractivity contribution in [2.75, 3.05) is 11.4 Å². The maximum absolute atomic E-state index is 12.9. The first-order chi connectivity index (χ1) is 10.1. The zero-order valence-electron chi connectivity index (χ0n) is 12.5. The largest absolute Gasteiger partial charge is 0.308 e. The number of rotatable bonds is 5. The molecule has 0 radical (unpaired) electrons. The number of aryl methyl sites for hydroxylation is 1. The monoisotopic (exact) mass is 345 g/mol. The minimum atomic E-state index is 0.0634. The molecule has 0 aliphatic carbocycles. The lowest BCUT2D eigenvalue weighted by Crippen LogP contribution is -2.32. The topological polar surface area (TPSA) is 20.3 Å². The molecule has 0 N–H and O–H groups in total. The highest BCUT2D eigenvalue weighted by Gasteiger charge is 2.19. The van der Waals surface area contributed by atoms with Gasteiger partial charge in [0.2, 0.25) is 0 Å². The smallest absolute Gasteiger partial charge is 0.258 e. The lowest BCUT2D eigenvalue weighted by Gasteiger charge is -2.23. The second-order valence-corrected chi connectivity index (χ2v) is 6.02. The SMILES string of the molecule is CCCCN(C(=O)c1cc(Br)ccc1C)c1ccccc1. The Kier molecular flexibility index (Phi) is 5.57. The van der Waals surface area contributed by atoms with Crippen LogP contribution in [0.3, 0.4) is 0 Å². The average molecular weight is 346 g/mol. The number of carbonyl (C=O) groups excluding carboxylic acids is 1. The Bertz CT molecular complexity index is 610. The predicted molar refractivity (Wildman–Crippen MR) is 91.9 cm³/mol. The Morgan fingerprint density at radius 2 is 1.86 bits per heavy atom. The summed E-state index contributed by atoms with van der Waals surface area (Å²) >= 11 is 3.45. The second kappa shape index (κ2) is 7.41. The number of halogens is 1. The molecular formula is C18H20BrNO. The van der Waals surface area contributed by atoms with Crippen molar-refractivity contribution in [1.82, 2.24) is 0 Å². The van der Waals surface area contributed by atoms with E-state index in [-0.39, 0.29) is 5.91 Å². The van der Waals surface area contributed by atoms with Crippen molar-refractivity contribution in [1.29, 1.82) is 0 Å². The van der Waals surface area contributed by atoms with Gasteiger partial charge in [-0.05, 0) is 43.2 Å². The normalized spacial score (nSPS) is 10.4. The summed E-state index contributed by atoms with van der Waals surface area (Å²) < 4.78 is 0.931. The van der Waals surface area contributed by atoms with E-state index in [4.69, 9.17) is 0 Å². The van der Waals surface area contributed by atoms with Crippen LogP contribution in [0.15, 0.2) is 53.0 Å². The predicted octanol–water partition coefficient (Wildman–Crippen LogP) is 5.20. The van der Waals surface area contributed by atoms with Gasteiger partial charge < -0.3 is 4.90 Å². The van der Waals surface area contributed by atoms with Gasteiger partial charge >= 0.3 is 0 Å². The zero-order chi connectivity index (χ0) is 15.2. The van der Waals surface area contributed by atoms with Gasteiger partial charge in [-0.15, -0.1) is 0 Å². The third-order valence-electron chi connectivity index (χ3n) is 3.48. The first-order valence-electron chi connectivity index (χ1n) is 7.26. The summed E-state index contributed by atoms with van der Waals surface area (Å²) in [6, 6.07) is 15.7. The maximum Gasteiger partial charge on any atom is 0.258 e. The molecule has 110 valence electrons. The van der Waals surface area contributed by atoms with Gasteiger partial charge in [0, 0.05) is 22.3 Å². The number of carbonyl (C=O) groups is 1. The molecule has 0 bridgehead atoms. The minimum absolute atomic E-state index is 0.0634. The van der Waals surface area contributed by atoms with Crippen molar-refractivity contribution in [3.8, 4) is 0 Å². The molecule has 0 unspecified atom stereocenters. The van der Waals surface area contributed by atoms with Crippen molar-refractivity contribution in [2.45, 2.75) is 26.7 Å². The van der Waals surface area contributed by atoms with Crippen LogP contribution in [0.5, 0.6) is 0 Å². The van der Waals surface area contributed by atoms with E-state index in [0.717, 1.165) is 40.7 Å². The molecule has 0 spiro atoms. The summed E-state index contributed by atoms with van der Waals surface area (Å²) in [5.74, 6) is 0.0634. The highest BCUT2D eigenvalue weighted by atomic mass is 79.9. The second-order valence-electron chi connectivity index (χ2n) is 5.11. The summed E-state index contributed by atoms with van der Waals surface area (Å²) in [6.07, 6.45) is 2.06. The first-order valence-corrected chi connectivity index (χ1v) is 8.06. The lowest BCUT2D eigenvalue weighted by molar-refractivity contribution is 0.0986. The third kappa shape index (κ3) is 3.94. The van der Waals surface area contributed by atoms with Crippen molar-refractivity contribution >= 4 is 27.5 Å². The van der Waals surface area contributed by atoms with Crippen LogP contribution in [0.2, 0.25) is 0 Å². The van der Waals surface area contributed by atoms with Gasteiger partial charge in [0.25, 0.3) is 5.91 Å². The van der Waals surface area contributed by atoms with Crippen molar-refractivity contribution in [3.05, 3.63) is 64.1 Å². The molecule has 0 atom stereocenters. The Balaban J connectivity index is 2.36. The molecule has 21 heavy (non-hydrogen) atoms. The molecular weight excluding hydrogens is 326 g/mol. The Morgan fingerprint density at radius 1 is 1.14 bits per heavy atom. The van der Waals surface area contributed by atoms with Crippen LogP contribution in [-0.4, -0.2) is 12.5 Å². The molecule has 3 heteroatoms. The number of amides is 1. The number of hydrogen-bond acceptors (Lipinski definition) is 1. The molecule has 2 rings (SSSR count). The summed E-state index contributed by atoms with van der Waals surface area (Å²) in [5.41, 5.74) is 2.71. The molecule has 0 aliphatic heterocycles. The van der Waals surface area contributed by atoms with Gasteiger partial charge in [-0.2, -0.15) is 0 Å². The average Bonchev–Trinajstić information content (AvgIpc) is 2.51. The molecule has 0 heterocycles. The minimum Gasteiger partial charge on any atom is -0.308 e. The first kappa shape index (κ1) is 15.8. The van der Waals surface area contributed by atoms with Gasteiger partial charge in [0.15, 0.2) is 0 Å². The van der Waals surface area contributed by atoms with Crippen LogP contribution >= 0.6 is 15.9 Å². The molecule has 2 aromatic carbocycles. The highest BCUT2D eigenvalue weighted by molar-refractivity contribution is 9.10. The Morgan fingerprint density at radius 3 is 2.52 bits per heavy atom. The van der Waals surface area contributed by atoms with Crippen molar-refractivity contribution in [3.63, 3.8) is 0 Å². The number of nitrogens with zero attached hydrogens (tertiary/aromatic N) is 1. The molecule has 0 fully saturated rings. The fraction of sp³-hybridized carbons (Fsp3) is 0.278. The molecule has 0 aromatic heterocycles. The van der Waals surface area contributed by atoms with E-state index in [1.807, 2.05) is 60.4 Å². The summed E-state index contributed by atoms with van der Waals surface area (Å²) in [5, 5.41) is 0. The molecule has 0 saturated carbocycles. The number of unbranched alkanes of at least 4 members (excludes halogenated alkanes) is 1. The lowest BCUT2D eigenvalue weighted by atomic mass is 10.1. The van der Waals surface area contributed by atoms with E-state index in [9.17, 15) is 4.79 Å². The zero-order valence-corrected chi connectivity index (χ0v) is 14.1. The van der Waals surface area contributed by atoms with Gasteiger partial charge in [-0.25, -0.2) is 0 Å². The molecule has 2 nitrogen and oxygen atoms in total. The molecule has 0 saturated heterocycles. The van der Waals surface area contributed by atoms with E-state index in [1.54, 1.807) is 0 Å². The molecule has 0 aliphatic rings. The van der Waals surface area contributed by atoms with E-state index >= 15 is 0 Å². The van der Waals surface area contributed by atoms with Gasteiger partial charge in [-0.3, -0.25) is 4.79 Å². The number of hydrogen-bond donors (Lipinski definition) is 0. The van der Waals surface area contributed by atoms with E-state index in [1.165, 1.54) is 0 Å². The van der Waals surface area contributed by atoms with E-state index in [2.05, 4.69) is 22.9 Å². The Hall–Kier alpha value is -1.61. The Labute approximate surface area is 134 Å². The van der Waals surface area contributed by atoms with Crippen molar-refractivity contribution in [2.24, 2.45) is 0 Å². The quantitative estimate of drug-likeness (QED) is 0.728. The molecule has 1 amide bonds. The van der Waals surface area contributed by atoms with Crippen LogP contribution in [0, 0.1) is 6.92 Å². The van der Waals surface area contributed by atoms with Crippen LogP contribution in [0.4, 0.5) is 5.69 Å². The molecule has 2 aromatic rings. The van der Waals surface area contributed by atoms with Crippen LogP contribution < -0.4 is 4.90 Å². The van der Waals surface area contributed by atoms with Gasteiger partial charge in [-0.1, -0.05) is 53.5 Å². The fourth-order valence-electron chi connectivity index (χ4n) is 2.24. The fourth-order valence-corrected chi connectivity index (χ4v) is 2.60. The van der Waals surface area contributed by atoms with Crippen LogP contribution in [-0.2, 0) is 0 Å². The van der Waals surface area contributed by atoms with Gasteiger partial charge in [0.1, 0.15) is 0 Å². The van der Waals surface area contributed by atoms with Gasteiger partial charge in [0.05, 0.1) is 0 Å². The van der Waals surface area contributed by atoms with Crippen molar-refractivity contribution < 1.29 is 4.79 Å². The number of anilines is 1. The van der Waals surface area contributed by atoms with Crippen LogP contribution in [0.1, 0.15) is 35.7 Å². The summed E-state index contributed by atoms with van der Waals surface area (Å²) in [6.45, 7) is 4.85. The third-order valence-corrected chi connectivity index (χ3v) is 3.97. The number of para-hydroxylation sites is 1. The maximum atomic E-state index is 12.9.